The van der Waals surface area contributed by atoms with Gasteiger partial charge in [0.25, 0.3) is 0 Å². The van der Waals surface area contributed by atoms with E-state index in [9.17, 15) is 17.6 Å². The molecule has 6 heteroatoms. The van der Waals surface area contributed by atoms with Crippen LogP contribution in [0.5, 0.6) is 0 Å². The van der Waals surface area contributed by atoms with E-state index in [-0.39, 0.29) is 28.4 Å². The first-order chi connectivity index (χ1) is 11.0. The Morgan fingerprint density at radius 2 is 1.88 bits per heavy atom. The van der Waals surface area contributed by atoms with Crippen LogP contribution in [0.1, 0.15) is 43.5 Å². The van der Waals surface area contributed by atoms with Gasteiger partial charge in [0.15, 0.2) is 5.82 Å². The standard InChI is InChI=1S/C18H18F4N2/c1-9(2)13-14(19)17(24-16(10(3)4)15(13)23)11-6-5-7-12(8-11)18(20,21)22/h5-9H,3,23H2,1-2,4H3. The number of rotatable bonds is 3. The number of alkyl halides is 3. The number of hydrogen-bond acceptors (Lipinski definition) is 2. The summed E-state index contributed by atoms with van der Waals surface area (Å²) >= 11 is 0. The number of benzene rings is 1. The molecule has 0 aliphatic carbocycles. The van der Waals surface area contributed by atoms with Crippen LogP contribution < -0.4 is 5.73 Å². The third-order valence-corrected chi connectivity index (χ3v) is 3.66. The molecule has 1 aromatic heterocycles. The van der Waals surface area contributed by atoms with Crippen molar-refractivity contribution in [1.82, 2.24) is 4.98 Å². The summed E-state index contributed by atoms with van der Waals surface area (Å²) in [6.45, 7) is 8.94. The van der Waals surface area contributed by atoms with Crippen LogP contribution in [0.2, 0.25) is 0 Å². The Morgan fingerprint density at radius 1 is 1.25 bits per heavy atom. The fraction of sp³-hybridized carbons (Fsp3) is 0.278. The third-order valence-electron chi connectivity index (χ3n) is 3.66. The van der Waals surface area contributed by atoms with Crippen LogP contribution in [-0.4, -0.2) is 4.98 Å². The Balaban J connectivity index is 2.78. The number of aromatic nitrogens is 1. The molecule has 128 valence electrons. The molecule has 0 aliphatic heterocycles. The Morgan fingerprint density at radius 3 is 2.38 bits per heavy atom. The van der Waals surface area contributed by atoms with Crippen molar-refractivity contribution in [3.63, 3.8) is 0 Å². The molecule has 2 aromatic rings. The smallest absolute Gasteiger partial charge is 0.397 e. The number of pyridine rings is 1. The number of nitrogen functional groups attached to an aromatic ring is 1. The predicted octanol–water partition coefficient (Wildman–Crippen LogP) is 5.65. The number of nitrogens with zero attached hydrogens (tertiary/aromatic N) is 1. The molecule has 0 atom stereocenters. The van der Waals surface area contributed by atoms with Gasteiger partial charge in [0.2, 0.25) is 0 Å². The Kier molecular flexibility index (Phi) is 4.69. The summed E-state index contributed by atoms with van der Waals surface area (Å²) in [5.74, 6) is -0.956. The molecule has 0 aliphatic rings. The van der Waals surface area contributed by atoms with E-state index in [1.807, 2.05) is 0 Å². The molecule has 0 radical (unpaired) electrons. The molecule has 2 rings (SSSR count). The summed E-state index contributed by atoms with van der Waals surface area (Å²) in [7, 11) is 0. The van der Waals surface area contributed by atoms with Crippen molar-refractivity contribution in [2.45, 2.75) is 32.9 Å². The van der Waals surface area contributed by atoms with Crippen molar-refractivity contribution in [1.29, 1.82) is 0 Å². The quantitative estimate of drug-likeness (QED) is 0.735. The normalized spacial score (nSPS) is 11.8. The summed E-state index contributed by atoms with van der Waals surface area (Å²) in [5.41, 5.74) is 6.24. The average Bonchev–Trinajstić information content (AvgIpc) is 2.46. The Hall–Kier alpha value is -2.37. The lowest BCUT2D eigenvalue weighted by Gasteiger charge is -2.18. The zero-order valence-electron chi connectivity index (χ0n) is 13.6. The van der Waals surface area contributed by atoms with Gasteiger partial charge in [-0.05, 0) is 30.5 Å². The topological polar surface area (TPSA) is 38.9 Å². The van der Waals surface area contributed by atoms with Gasteiger partial charge < -0.3 is 5.73 Å². The van der Waals surface area contributed by atoms with Crippen molar-refractivity contribution in [3.8, 4) is 11.3 Å². The third kappa shape index (κ3) is 3.27. The van der Waals surface area contributed by atoms with Crippen LogP contribution in [0.15, 0.2) is 30.8 Å². The lowest BCUT2D eigenvalue weighted by atomic mass is 9.95. The van der Waals surface area contributed by atoms with Crippen molar-refractivity contribution in [3.05, 3.63) is 53.5 Å². The molecule has 0 spiro atoms. The first-order valence-electron chi connectivity index (χ1n) is 7.36. The number of anilines is 1. The average molecular weight is 338 g/mol. The number of halogens is 4. The monoisotopic (exact) mass is 338 g/mol. The van der Waals surface area contributed by atoms with Gasteiger partial charge in [0, 0.05) is 11.1 Å². The fourth-order valence-corrected chi connectivity index (χ4v) is 2.52. The minimum atomic E-state index is -4.52. The molecule has 0 saturated carbocycles. The van der Waals surface area contributed by atoms with E-state index in [4.69, 9.17) is 5.73 Å². The van der Waals surface area contributed by atoms with Gasteiger partial charge in [-0.25, -0.2) is 9.37 Å². The van der Waals surface area contributed by atoms with Gasteiger partial charge in [-0.15, -0.1) is 0 Å². The molecule has 0 amide bonds. The van der Waals surface area contributed by atoms with E-state index < -0.39 is 17.6 Å². The maximum absolute atomic E-state index is 14.9. The fourth-order valence-electron chi connectivity index (χ4n) is 2.52. The highest BCUT2D eigenvalue weighted by Gasteiger charge is 2.31. The predicted molar refractivity (Wildman–Crippen MR) is 87.8 cm³/mol. The number of allylic oxidation sites excluding steroid dienone is 1. The molecule has 24 heavy (non-hydrogen) atoms. The second-order valence-corrected chi connectivity index (χ2v) is 5.96. The molecular weight excluding hydrogens is 320 g/mol. The Labute approximate surface area is 138 Å². The lowest BCUT2D eigenvalue weighted by molar-refractivity contribution is -0.137. The molecule has 0 bridgehead atoms. The van der Waals surface area contributed by atoms with E-state index in [1.54, 1.807) is 20.8 Å². The highest BCUT2D eigenvalue weighted by Crippen LogP contribution is 2.37. The van der Waals surface area contributed by atoms with E-state index in [0.717, 1.165) is 12.1 Å². The van der Waals surface area contributed by atoms with Crippen LogP contribution in [0.4, 0.5) is 23.2 Å². The second kappa shape index (κ2) is 6.26. The number of hydrogen-bond donors (Lipinski definition) is 1. The second-order valence-electron chi connectivity index (χ2n) is 5.96. The minimum Gasteiger partial charge on any atom is -0.397 e. The first-order valence-corrected chi connectivity index (χ1v) is 7.36. The van der Waals surface area contributed by atoms with Crippen molar-refractivity contribution >= 4 is 11.3 Å². The molecule has 0 fully saturated rings. The van der Waals surface area contributed by atoms with Crippen LogP contribution in [-0.2, 0) is 6.18 Å². The molecule has 2 N–H and O–H groups in total. The van der Waals surface area contributed by atoms with Crippen LogP contribution in [0, 0.1) is 5.82 Å². The van der Waals surface area contributed by atoms with Gasteiger partial charge in [-0.1, -0.05) is 32.6 Å². The van der Waals surface area contributed by atoms with Crippen LogP contribution in [0.3, 0.4) is 0 Å². The SMILES string of the molecule is C=C(C)c1nc(-c2cccc(C(F)(F)F)c2)c(F)c(C(C)C)c1N. The van der Waals surface area contributed by atoms with Crippen molar-refractivity contribution in [2.24, 2.45) is 0 Å². The van der Waals surface area contributed by atoms with Crippen molar-refractivity contribution in [2.75, 3.05) is 5.73 Å². The van der Waals surface area contributed by atoms with Gasteiger partial charge >= 0.3 is 6.18 Å². The first kappa shape index (κ1) is 18.0. The van der Waals surface area contributed by atoms with E-state index in [2.05, 4.69) is 11.6 Å². The molecule has 2 nitrogen and oxygen atoms in total. The minimum absolute atomic E-state index is 0.0479. The van der Waals surface area contributed by atoms with Crippen LogP contribution >= 0.6 is 0 Å². The summed E-state index contributed by atoms with van der Waals surface area (Å²) in [5, 5.41) is 0. The van der Waals surface area contributed by atoms with Crippen LogP contribution in [0.25, 0.3) is 16.8 Å². The highest BCUT2D eigenvalue weighted by atomic mass is 19.4. The summed E-state index contributed by atoms with van der Waals surface area (Å²) in [6, 6.07) is 4.43. The van der Waals surface area contributed by atoms with E-state index in [1.165, 1.54) is 12.1 Å². The molecule has 0 unspecified atom stereocenters. The molecule has 0 saturated heterocycles. The Bertz CT molecular complexity index is 792. The molecule has 1 heterocycles. The van der Waals surface area contributed by atoms with Gasteiger partial charge in [0.1, 0.15) is 5.69 Å². The van der Waals surface area contributed by atoms with E-state index in [0.29, 0.717) is 11.3 Å². The number of nitrogens with two attached hydrogens (primary N) is 1. The highest BCUT2D eigenvalue weighted by molar-refractivity contribution is 5.76. The lowest BCUT2D eigenvalue weighted by Crippen LogP contribution is -2.09. The zero-order chi connectivity index (χ0) is 18.2. The maximum Gasteiger partial charge on any atom is 0.416 e. The largest absolute Gasteiger partial charge is 0.416 e. The summed E-state index contributed by atoms with van der Waals surface area (Å²) in [6.07, 6.45) is -4.52. The van der Waals surface area contributed by atoms with Crippen molar-refractivity contribution < 1.29 is 17.6 Å². The zero-order valence-corrected chi connectivity index (χ0v) is 13.6. The van der Waals surface area contributed by atoms with Gasteiger partial charge in [-0.2, -0.15) is 13.2 Å². The van der Waals surface area contributed by atoms with E-state index >= 15 is 0 Å². The molecular formula is C18H18F4N2. The maximum atomic E-state index is 14.9. The summed E-state index contributed by atoms with van der Waals surface area (Å²) < 4.78 is 53.6. The van der Waals surface area contributed by atoms with Gasteiger partial charge in [-0.3, -0.25) is 0 Å². The molecule has 1 aromatic carbocycles. The van der Waals surface area contributed by atoms with Gasteiger partial charge in [0.05, 0.1) is 16.9 Å². The summed E-state index contributed by atoms with van der Waals surface area (Å²) in [4.78, 5) is 4.14.